The third kappa shape index (κ3) is 2.57. The van der Waals surface area contributed by atoms with Crippen molar-refractivity contribution in [1.29, 1.82) is 5.26 Å². The Morgan fingerprint density at radius 2 is 2.00 bits per heavy atom. The minimum atomic E-state index is -0.0798. The lowest BCUT2D eigenvalue weighted by molar-refractivity contribution is 0.450. The number of aromatic hydroxyl groups is 2. The SMILES string of the molecule is N#C/C(=C/c1ccc(O)cc1O)c1nc2ccccc2s1. The molecule has 5 heteroatoms. The predicted molar refractivity (Wildman–Crippen MR) is 82.9 cm³/mol. The smallest absolute Gasteiger partial charge is 0.135 e. The van der Waals surface area contributed by atoms with Gasteiger partial charge >= 0.3 is 0 Å². The minimum absolute atomic E-state index is 0.0249. The van der Waals surface area contributed by atoms with Gasteiger partial charge in [0.15, 0.2) is 0 Å². The maximum atomic E-state index is 9.79. The zero-order valence-electron chi connectivity index (χ0n) is 10.8. The summed E-state index contributed by atoms with van der Waals surface area (Å²) in [6.45, 7) is 0. The van der Waals surface area contributed by atoms with E-state index in [1.54, 1.807) is 12.1 Å². The molecule has 0 aliphatic heterocycles. The van der Waals surface area contributed by atoms with E-state index in [1.165, 1.54) is 23.5 Å². The molecule has 21 heavy (non-hydrogen) atoms. The minimum Gasteiger partial charge on any atom is -0.508 e. The molecule has 1 aromatic heterocycles. The molecule has 3 aromatic rings. The maximum absolute atomic E-state index is 9.79. The quantitative estimate of drug-likeness (QED) is 0.705. The first-order valence-corrected chi connectivity index (χ1v) is 6.99. The molecule has 0 saturated carbocycles. The summed E-state index contributed by atoms with van der Waals surface area (Å²) in [5, 5.41) is 29.0. The first-order chi connectivity index (χ1) is 10.2. The van der Waals surface area contributed by atoms with Gasteiger partial charge in [-0.3, -0.25) is 0 Å². The predicted octanol–water partition coefficient (Wildman–Crippen LogP) is 3.77. The molecule has 0 fully saturated rings. The van der Waals surface area contributed by atoms with Gasteiger partial charge in [-0.15, -0.1) is 11.3 Å². The highest BCUT2D eigenvalue weighted by Crippen LogP contribution is 2.30. The summed E-state index contributed by atoms with van der Waals surface area (Å²) in [6, 6.07) is 14.0. The molecule has 2 aromatic carbocycles. The van der Waals surface area contributed by atoms with Crippen LogP contribution in [0.1, 0.15) is 10.6 Å². The molecule has 0 aliphatic rings. The van der Waals surface area contributed by atoms with Crippen LogP contribution in [0.15, 0.2) is 42.5 Å². The number of nitriles is 1. The molecule has 0 aliphatic carbocycles. The summed E-state index contributed by atoms with van der Waals surface area (Å²) in [6.07, 6.45) is 1.56. The summed E-state index contributed by atoms with van der Waals surface area (Å²) in [5.41, 5.74) is 1.68. The van der Waals surface area contributed by atoms with Crippen molar-refractivity contribution in [2.45, 2.75) is 0 Å². The van der Waals surface area contributed by atoms with Crippen LogP contribution in [0, 0.1) is 11.3 Å². The molecule has 0 bridgehead atoms. The van der Waals surface area contributed by atoms with Crippen molar-refractivity contribution in [3.63, 3.8) is 0 Å². The molecule has 0 saturated heterocycles. The number of phenols is 2. The van der Waals surface area contributed by atoms with Gasteiger partial charge in [0.05, 0.1) is 15.8 Å². The fraction of sp³-hybridized carbons (Fsp3) is 0. The van der Waals surface area contributed by atoms with Crippen molar-refractivity contribution in [1.82, 2.24) is 4.98 Å². The van der Waals surface area contributed by atoms with E-state index in [4.69, 9.17) is 0 Å². The molecular weight excluding hydrogens is 284 g/mol. The number of nitrogens with zero attached hydrogens (tertiary/aromatic N) is 2. The molecule has 1 heterocycles. The second-order valence-corrected chi connectivity index (χ2v) is 5.43. The molecule has 0 unspecified atom stereocenters. The van der Waals surface area contributed by atoms with Gasteiger partial charge in [0.25, 0.3) is 0 Å². The summed E-state index contributed by atoms with van der Waals surface area (Å²) >= 11 is 1.43. The number of allylic oxidation sites excluding steroid dienone is 1. The number of para-hydroxylation sites is 1. The highest BCUT2D eigenvalue weighted by Gasteiger charge is 2.09. The number of benzene rings is 2. The molecule has 3 rings (SSSR count). The van der Waals surface area contributed by atoms with Crippen molar-refractivity contribution in [3.05, 3.63) is 53.0 Å². The maximum Gasteiger partial charge on any atom is 0.135 e. The van der Waals surface area contributed by atoms with Crippen LogP contribution in [0.4, 0.5) is 0 Å². The second kappa shape index (κ2) is 5.27. The van der Waals surface area contributed by atoms with Gasteiger partial charge in [-0.25, -0.2) is 4.98 Å². The van der Waals surface area contributed by atoms with Crippen LogP contribution in [0.5, 0.6) is 11.5 Å². The van der Waals surface area contributed by atoms with E-state index in [0.29, 0.717) is 16.1 Å². The highest BCUT2D eigenvalue weighted by atomic mass is 32.1. The number of aromatic nitrogens is 1. The Morgan fingerprint density at radius 3 is 2.71 bits per heavy atom. The number of thiazole rings is 1. The first kappa shape index (κ1) is 13.2. The molecule has 0 radical (unpaired) electrons. The zero-order chi connectivity index (χ0) is 14.8. The van der Waals surface area contributed by atoms with E-state index >= 15 is 0 Å². The van der Waals surface area contributed by atoms with Crippen molar-refractivity contribution in [2.24, 2.45) is 0 Å². The van der Waals surface area contributed by atoms with Crippen molar-refractivity contribution in [2.75, 3.05) is 0 Å². The lowest BCUT2D eigenvalue weighted by atomic mass is 10.1. The summed E-state index contributed by atoms with van der Waals surface area (Å²) in [7, 11) is 0. The Kier molecular flexibility index (Phi) is 3.30. The average molecular weight is 294 g/mol. The van der Waals surface area contributed by atoms with Gasteiger partial charge < -0.3 is 10.2 Å². The van der Waals surface area contributed by atoms with Crippen LogP contribution in [0.3, 0.4) is 0 Å². The zero-order valence-corrected chi connectivity index (χ0v) is 11.6. The first-order valence-electron chi connectivity index (χ1n) is 6.17. The molecule has 4 nitrogen and oxygen atoms in total. The van der Waals surface area contributed by atoms with Crippen LogP contribution in [-0.4, -0.2) is 15.2 Å². The van der Waals surface area contributed by atoms with Crippen molar-refractivity contribution >= 4 is 33.2 Å². The third-order valence-corrected chi connectivity index (χ3v) is 4.03. The van der Waals surface area contributed by atoms with Crippen LogP contribution in [0.2, 0.25) is 0 Å². The third-order valence-electron chi connectivity index (χ3n) is 2.96. The summed E-state index contributed by atoms with van der Waals surface area (Å²) < 4.78 is 1.00. The Balaban J connectivity index is 2.09. The average Bonchev–Trinajstić information content (AvgIpc) is 2.90. The topological polar surface area (TPSA) is 77.1 Å². The standard InChI is InChI=1S/C16H10N2O2S/c17-9-11(7-10-5-6-12(19)8-14(10)20)16-18-13-3-1-2-4-15(13)21-16/h1-8,19-20H/b11-7-. The van der Waals surface area contributed by atoms with Crippen molar-refractivity contribution in [3.8, 4) is 17.6 Å². The monoisotopic (exact) mass is 294 g/mol. The van der Waals surface area contributed by atoms with Crippen LogP contribution < -0.4 is 0 Å². The number of fused-ring (bicyclic) bond motifs is 1. The van der Waals surface area contributed by atoms with Gasteiger partial charge in [0.2, 0.25) is 0 Å². The van der Waals surface area contributed by atoms with E-state index in [2.05, 4.69) is 11.1 Å². The molecule has 0 spiro atoms. The Hall–Kier alpha value is -2.84. The Morgan fingerprint density at radius 1 is 1.19 bits per heavy atom. The normalized spacial score (nSPS) is 11.5. The number of phenolic OH excluding ortho intramolecular Hbond substituents is 2. The number of rotatable bonds is 2. The van der Waals surface area contributed by atoms with Crippen LogP contribution >= 0.6 is 11.3 Å². The molecule has 2 N–H and O–H groups in total. The lowest BCUT2D eigenvalue weighted by Gasteiger charge is -2.00. The lowest BCUT2D eigenvalue weighted by Crippen LogP contribution is -1.81. The Labute approximate surface area is 124 Å². The Bertz CT molecular complexity index is 858. The number of hydrogen-bond donors (Lipinski definition) is 2. The molecule has 0 atom stereocenters. The largest absolute Gasteiger partial charge is 0.508 e. The fourth-order valence-electron chi connectivity index (χ4n) is 1.94. The van der Waals surface area contributed by atoms with Gasteiger partial charge in [-0.2, -0.15) is 5.26 Å². The van der Waals surface area contributed by atoms with E-state index in [1.807, 2.05) is 24.3 Å². The van der Waals surface area contributed by atoms with E-state index < -0.39 is 0 Å². The molecular formula is C16H10N2O2S. The van der Waals surface area contributed by atoms with E-state index in [9.17, 15) is 15.5 Å². The van der Waals surface area contributed by atoms with Gasteiger partial charge in [-0.05, 0) is 30.3 Å². The fourth-order valence-corrected chi connectivity index (χ4v) is 2.87. The summed E-state index contributed by atoms with van der Waals surface area (Å²) in [5.74, 6) is -0.105. The highest BCUT2D eigenvalue weighted by molar-refractivity contribution is 7.19. The van der Waals surface area contributed by atoms with E-state index in [0.717, 1.165) is 10.2 Å². The van der Waals surface area contributed by atoms with Gasteiger partial charge in [0.1, 0.15) is 22.6 Å². The van der Waals surface area contributed by atoms with Crippen LogP contribution in [0.25, 0.3) is 21.9 Å². The molecule has 102 valence electrons. The molecule has 0 amide bonds. The van der Waals surface area contributed by atoms with E-state index in [-0.39, 0.29) is 11.5 Å². The van der Waals surface area contributed by atoms with Gasteiger partial charge in [-0.1, -0.05) is 12.1 Å². The van der Waals surface area contributed by atoms with Gasteiger partial charge in [0, 0.05) is 11.6 Å². The second-order valence-electron chi connectivity index (χ2n) is 4.40. The van der Waals surface area contributed by atoms with Crippen molar-refractivity contribution < 1.29 is 10.2 Å². The van der Waals surface area contributed by atoms with Crippen LogP contribution in [-0.2, 0) is 0 Å². The summed E-state index contributed by atoms with van der Waals surface area (Å²) in [4.78, 5) is 4.42. The number of hydrogen-bond acceptors (Lipinski definition) is 5.